The Morgan fingerprint density at radius 3 is 2.07 bits per heavy atom. The summed E-state index contributed by atoms with van der Waals surface area (Å²) < 4.78 is 5.12. The van der Waals surface area contributed by atoms with E-state index in [4.69, 9.17) is 4.74 Å². The average Bonchev–Trinajstić information content (AvgIpc) is 2.83. The van der Waals surface area contributed by atoms with Gasteiger partial charge in [-0.15, -0.1) is 10.2 Å². The normalized spacial score (nSPS) is 10.6. The van der Waals surface area contributed by atoms with Gasteiger partial charge in [-0.1, -0.05) is 66.4 Å². The summed E-state index contributed by atoms with van der Waals surface area (Å²) >= 11 is 1.38. The number of methoxy groups -OCH3 is 1. The molecule has 0 aliphatic carbocycles. The van der Waals surface area contributed by atoms with Crippen LogP contribution in [0.15, 0.2) is 96.0 Å². The van der Waals surface area contributed by atoms with Gasteiger partial charge in [-0.2, -0.15) is 0 Å². The molecular formula is C25H20N2O2S. The second-order valence-corrected chi connectivity index (χ2v) is 7.64. The molecular weight excluding hydrogens is 392 g/mol. The lowest BCUT2D eigenvalue weighted by Crippen LogP contribution is -2.02. The molecule has 0 unspecified atom stereocenters. The molecule has 0 aliphatic rings. The number of Topliss-reactive ketones (excluding diaryl/α,β-unsaturated/α-hetero) is 1. The molecule has 0 fully saturated rings. The van der Waals surface area contributed by atoms with Crippen molar-refractivity contribution >= 4 is 17.5 Å². The van der Waals surface area contributed by atoms with Crippen LogP contribution < -0.4 is 4.74 Å². The zero-order chi connectivity index (χ0) is 20.8. The van der Waals surface area contributed by atoms with Gasteiger partial charge in [-0.25, -0.2) is 0 Å². The van der Waals surface area contributed by atoms with E-state index in [-0.39, 0.29) is 5.78 Å². The maximum Gasteiger partial charge on any atom is 0.173 e. The smallest absolute Gasteiger partial charge is 0.173 e. The van der Waals surface area contributed by atoms with Gasteiger partial charge in [0.25, 0.3) is 0 Å². The predicted molar refractivity (Wildman–Crippen MR) is 121 cm³/mol. The van der Waals surface area contributed by atoms with Crippen LogP contribution in [0.25, 0.3) is 22.4 Å². The zero-order valence-electron chi connectivity index (χ0n) is 16.5. The highest BCUT2D eigenvalue weighted by Gasteiger charge is 2.09. The number of carbonyl (C=O) groups excluding carboxylic acids is 1. The van der Waals surface area contributed by atoms with Crippen LogP contribution in [0, 0.1) is 0 Å². The first-order valence-electron chi connectivity index (χ1n) is 9.52. The third kappa shape index (κ3) is 4.75. The van der Waals surface area contributed by atoms with Gasteiger partial charge in [-0.3, -0.25) is 4.79 Å². The highest BCUT2D eigenvalue weighted by Crippen LogP contribution is 2.25. The summed E-state index contributed by atoms with van der Waals surface area (Å²) in [6.45, 7) is 0. The number of ketones is 1. The molecule has 0 N–H and O–H groups in total. The van der Waals surface area contributed by atoms with Gasteiger partial charge in [0.05, 0.1) is 18.6 Å². The second kappa shape index (κ2) is 9.37. The topological polar surface area (TPSA) is 52.1 Å². The van der Waals surface area contributed by atoms with Crippen molar-refractivity contribution in [1.82, 2.24) is 10.2 Å². The fourth-order valence-electron chi connectivity index (χ4n) is 3.01. The summed E-state index contributed by atoms with van der Waals surface area (Å²) in [4.78, 5) is 12.3. The van der Waals surface area contributed by atoms with E-state index in [1.54, 1.807) is 31.4 Å². The minimum atomic E-state index is 0.0463. The van der Waals surface area contributed by atoms with E-state index in [2.05, 4.69) is 34.5 Å². The van der Waals surface area contributed by atoms with Crippen molar-refractivity contribution in [2.75, 3.05) is 12.9 Å². The summed E-state index contributed by atoms with van der Waals surface area (Å²) in [5, 5.41) is 9.32. The predicted octanol–water partition coefficient (Wildman–Crippen LogP) is 5.79. The van der Waals surface area contributed by atoms with Crippen LogP contribution in [-0.4, -0.2) is 28.8 Å². The third-order valence-electron chi connectivity index (χ3n) is 4.69. The fraction of sp³-hybridized carbons (Fsp3) is 0.0800. The molecule has 4 rings (SSSR count). The van der Waals surface area contributed by atoms with E-state index in [0.717, 1.165) is 27.6 Å². The monoisotopic (exact) mass is 412 g/mol. The lowest BCUT2D eigenvalue weighted by Gasteiger charge is -2.05. The maximum atomic E-state index is 12.3. The van der Waals surface area contributed by atoms with Gasteiger partial charge >= 0.3 is 0 Å². The first-order valence-corrected chi connectivity index (χ1v) is 10.5. The van der Waals surface area contributed by atoms with Crippen molar-refractivity contribution in [1.29, 1.82) is 0 Å². The lowest BCUT2D eigenvalue weighted by molar-refractivity contribution is 0.102. The van der Waals surface area contributed by atoms with Gasteiger partial charge in [-0.05, 0) is 47.5 Å². The summed E-state index contributed by atoms with van der Waals surface area (Å²) in [5.41, 5.74) is 4.82. The summed E-state index contributed by atoms with van der Waals surface area (Å²) in [6.07, 6.45) is 0. The van der Waals surface area contributed by atoms with Crippen molar-refractivity contribution in [2.24, 2.45) is 0 Å². The van der Waals surface area contributed by atoms with Crippen molar-refractivity contribution < 1.29 is 9.53 Å². The third-order valence-corrected chi connectivity index (χ3v) is 5.61. The number of benzene rings is 3. The van der Waals surface area contributed by atoms with Gasteiger partial charge in [0, 0.05) is 11.1 Å². The number of ether oxygens (including phenoxy) is 1. The molecule has 0 aliphatic heterocycles. The first kappa shape index (κ1) is 19.9. The quantitative estimate of drug-likeness (QED) is 0.284. The molecule has 1 aromatic heterocycles. The summed E-state index contributed by atoms with van der Waals surface area (Å²) in [6, 6.07) is 29.5. The Hall–Kier alpha value is -3.44. The van der Waals surface area contributed by atoms with E-state index in [9.17, 15) is 4.79 Å². The standard InChI is InChI=1S/C25H20N2O2S/c1-29-22-13-11-21(12-14-22)24(28)17-30-25-16-15-23(26-27-25)20-9-7-19(8-10-20)18-5-3-2-4-6-18/h2-16H,17H2,1H3. The van der Waals surface area contributed by atoms with E-state index < -0.39 is 0 Å². The number of hydrogen-bond donors (Lipinski definition) is 0. The Balaban J connectivity index is 1.38. The molecule has 30 heavy (non-hydrogen) atoms. The van der Waals surface area contributed by atoms with Gasteiger partial charge in [0.2, 0.25) is 0 Å². The van der Waals surface area contributed by atoms with Crippen LogP contribution in [0.5, 0.6) is 5.75 Å². The number of rotatable bonds is 7. The molecule has 0 bridgehead atoms. The molecule has 0 saturated carbocycles. The molecule has 5 heteroatoms. The molecule has 3 aromatic carbocycles. The van der Waals surface area contributed by atoms with E-state index >= 15 is 0 Å². The Morgan fingerprint density at radius 2 is 1.43 bits per heavy atom. The molecule has 0 saturated heterocycles. The van der Waals surface area contributed by atoms with E-state index in [1.165, 1.54) is 17.3 Å². The molecule has 148 valence electrons. The Labute approximate surface area is 180 Å². The number of aromatic nitrogens is 2. The van der Waals surface area contributed by atoms with Crippen LogP contribution >= 0.6 is 11.8 Å². The number of thioether (sulfide) groups is 1. The molecule has 0 amide bonds. The Kier molecular flexibility index (Phi) is 6.20. The molecule has 0 spiro atoms. The molecule has 4 aromatic rings. The van der Waals surface area contributed by atoms with Crippen LogP contribution in [0.2, 0.25) is 0 Å². The molecule has 1 heterocycles. The minimum Gasteiger partial charge on any atom is -0.497 e. The van der Waals surface area contributed by atoms with Gasteiger partial charge in [0.15, 0.2) is 5.78 Å². The number of carbonyl (C=O) groups is 1. The SMILES string of the molecule is COc1ccc(C(=O)CSc2ccc(-c3ccc(-c4ccccc4)cc3)nn2)cc1. The highest BCUT2D eigenvalue weighted by molar-refractivity contribution is 7.99. The van der Waals surface area contributed by atoms with Crippen LogP contribution in [0.3, 0.4) is 0 Å². The largest absolute Gasteiger partial charge is 0.497 e. The number of hydrogen-bond acceptors (Lipinski definition) is 5. The van der Waals surface area contributed by atoms with Crippen molar-refractivity contribution in [3.05, 3.63) is 96.6 Å². The van der Waals surface area contributed by atoms with Gasteiger partial charge in [0.1, 0.15) is 10.8 Å². The van der Waals surface area contributed by atoms with Crippen molar-refractivity contribution in [3.63, 3.8) is 0 Å². The molecule has 0 radical (unpaired) electrons. The fourth-order valence-corrected chi connectivity index (χ4v) is 3.72. The van der Waals surface area contributed by atoms with Crippen molar-refractivity contribution in [2.45, 2.75) is 5.03 Å². The second-order valence-electron chi connectivity index (χ2n) is 6.64. The van der Waals surface area contributed by atoms with Crippen LogP contribution in [-0.2, 0) is 0 Å². The number of nitrogens with zero attached hydrogens (tertiary/aromatic N) is 2. The van der Waals surface area contributed by atoms with E-state index in [1.807, 2.05) is 42.5 Å². The average molecular weight is 413 g/mol. The summed E-state index contributed by atoms with van der Waals surface area (Å²) in [7, 11) is 1.60. The Bertz CT molecular complexity index is 1110. The Morgan fingerprint density at radius 1 is 0.767 bits per heavy atom. The maximum absolute atomic E-state index is 12.3. The van der Waals surface area contributed by atoms with Gasteiger partial charge < -0.3 is 4.74 Å². The highest BCUT2D eigenvalue weighted by atomic mass is 32.2. The van der Waals surface area contributed by atoms with Crippen LogP contribution in [0.1, 0.15) is 10.4 Å². The first-order chi connectivity index (χ1) is 14.7. The zero-order valence-corrected chi connectivity index (χ0v) is 17.3. The molecule has 4 nitrogen and oxygen atoms in total. The van der Waals surface area contributed by atoms with Crippen LogP contribution in [0.4, 0.5) is 0 Å². The van der Waals surface area contributed by atoms with Crippen molar-refractivity contribution in [3.8, 4) is 28.1 Å². The lowest BCUT2D eigenvalue weighted by atomic mass is 10.0. The van der Waals surface area contributed by atoms with E-state index in [0.29, 0.717) is 11.3 Å². The summed E-state index contributed by atoms with van der Waals surface area (Å²) in [5.74, 6) is 1.09. The minimum absolute atomic E-state index is 0.0463. The molecule has 0 atom stereocenters.